The predicted octanol–water partition coefficient (Wildman–Crippen LogP) is 2.20. The second kappa shape index (κ2) is 6.01. The summed E-state index contributed by atoms with van der Waals surface area (Å²) in [4.78, 5) is 4.43. The molecule has 5 nitrogen and oxygen atoms in total. The first-order valence-electron chi connectivity index (χ1n) is 6.94. The molecule has 2 aromatic rings. The van der Waals surface area contributed by atoms with E-state index < -0.39 is 0 Å². The van der Waals surface area contributed by atoms with Crippen LogP contribution in [0.4, 0.5) is 0 Å². The van der Waals surface area contributed by atoms with Gasteiger partial charge in [-0.3, -0.25) is 4.98 Å². The Labute approximate surface area is 123 Å². The first-order valence-corrected chi connectivity index (χ1v) is 6.94. The molecule has 0 radical (unpaired) electrons. The van der Waals surface area contributed by atoms with Gasteiger partial charge in [0.2, 0.25) is 6.79 Å². The van der Waals surface area contributed by atoms with Gasteiger partial charge in [0.15, 0.2) is 11.5 Å². The molecule has 3 rings (SSSR count). The molecule has 0 unspecified atom stereocenters. The Morgan fingerprint density at radius 3 is 2.81 bits per heavy atom. The lowest BCUT2D eigenvalue weighted by atomic mass is 10.1. The molecule has 0 bridgehead atoms. The predicted molar refractivity (Wildman–Crippen MR) is 78.6 cm³/mol. The minimum absolute atomic E-state index is 0.250. The van der Waals surface area contributed by atoms with Gasteiger partial charge < -0.3 is 19.9 Å². The largest absolute Gasteiger partial charge is 0.487 e. The maximum absolute atomic E-state index is 5.90. The van der Waals surface area contributed by atoms with Crippen LogP contribution in [0.15, 0.2) is 30.3 Å². The summed E-state index contributed by atoms with van der Waals surface area (Å²) in [6.07, 6.45) is 0.729. The second-order valence-corrected chi connectivity index (χ2v) is 4.91. The summed E-state index contributed by atoms with van der Waals surface area (Å²) in [5.74, 6) is 2.23. The molecule has 0 amide bonds. The van der Waals surface area contributed by atoms with E-state index in [-0.39, 0.29) is 6.79 Å². The quantitative estimate of drug-likeness (QED) is 0.912. The first kappa shape index (κ1) is 13.7. The fourth-order valence-corrected chi connectivity index (χ4v) is 2.28. The van der Waals surface area contributed by atoms with Gasteiger partial charge in [-0.05, 0) is 43.7 Å². The van der Waals surface area contributed by atoms with Crippen molar-refractivity contribution in [3.8, 4) is 17.2 Å². The van der Waals surface area contributed by atoms with Crippen LogP contribution >= 0.6 is 0 Å². The van der Waals surface area contributed by atoms with E-state index in [2.05, 4.69) is 4.98 Å². The van der Waals surface area contributed by atoms with Gasteiger partial charge in [0.05, 0.1) is 5.69 Å². The highest BCUT2D eigenvalue weighted by molar-refractivity contribution is 5.52. The number of hydrogen-bond acceptors (Lipinski definition) is 5. The van der Waals surface area contributed by atoms with Crippen molar-refractivity contribution in [3.05, 3.63) is 47.3 Å². The van der Waals surface area contributed by atoms with Crippen molar-refractivity contribution in [1.29, 1.82) is 0 Å². The first-order chi connectivity index (χ1) is 10.3. The van der Waals surface area contributed by atoms with Crippen LogP contribution in [-0.2, 0) is 13.0 Å². The number of aromatic nitrogens is 1. The third kappa shape index (κ3) is 3.08. The zero-order chi connectivity index (χ0) is 14.7. The molecule has 0 aliphatic carbocycles. The molecule has 0 fully saturated rings. The topological polar surface area (TPSA) is 66.6 Å². The van der Waals surface area contributed by atoms with Gasteiger partial charge in [-0.2, -0.15) is 0 Å². The van der Waals surface area contributed by atoms with Gasteiger partial charge in [0, 0.05) is 11.8 Å². The van der Waals surface area contributed by atoms with Crippen molar-refractivity contribution in [1.82, 2.24) is 4.98 Å². The van der Waals surface area contributed by atoms with Crippen molar-refractivity contribution < 1.29 is 14.2 Å². The van der Waals surface area contributed by atoms with Gasteiger partial charge >= 0.3 is 0 Å². The molecule has 0 saturated heterocycles. The number of aryl methyl sites for hydroxylation is 1. The molecule has 2 heterocycles. The lowest BCUT2D eigenvalue weighted by Crippen LogP contribution is -2.06. The average molecular weight is 286 g/mol. The molecule has 5 heteroatoms. The summed E-state index contributed by atoms with van der Waals surface area (Å²) in [7, 11) is 0. The molecule has 21 heavy (non-hydrogen) atoms. The maximum atomic E-state index is 5.90. The standard InChI is InChI=1S/C16H18N2O3/c1-11-3-2-4-13(18-11)9-19-14-8-16-15(20-10-21-16)7-12(14)5-6-17/h2-4,7-8H,5-6,9-10,17H2,1H3. The van der Waals surface area contributed by atoms with Crippen LogP contribution in [0.25, 0.3) is 0 Å². The van der Waals surface area contributed by atoms with Crippen molar-refractivity contribution in [2.75, 3.05) is 13.3 Å². The summed E-state index contributed by atoms with van der Waals surface area (Å²) in [5.41, 5.74) is 8.56. The van der Waals surface area contributed by atoms with Gasteiger partial charge in [0.25, 0.3) is 0 Å². The number of nitrogens with two attached hydrogens (primary N) is 1. The number of benzene rings is 1. The van der Waals surface area contributed by atoms with E-state index in [1.54, 1.807) is 0 Å². The Hall–Kier alpha value is -2.27. The second-order valence-electron chi connectivity index (χ2n) is 4.91. The van der Waals surface area contributed by atoms with Crippen molar-refractivity contribution in [2.45, 2.75) is 20.0 Å². The molecule has 1 aromatic carbocycles. The third-order valence-corrected chi connectivity index (χ3v) is 3.29. The summed E-state index contributed by atoms with van der Waals surface area (Å²) in [6.45, 7) is 3.18. The molecule has 0 saturated carbocycles. The Morgan fingerprint density at radius 2 is 2.05 bits per heavy atom. The number of rotatable bonds is 5. The number of nitrogens with zero attached hydrogens (tertiary/aromatic N) is 1. The van der Waals surface area contributed by atoms with Gasteiger partial charge in [0.1, 0.15) is 12.4 Å². The van der Waals surface area contributed by atoms with Gasteiger partial charge in [-0.25, -0.2) is 0 Å². The average Bonchev–Trinajstić information content (AvgIpc) is 2.92. The number of pyridine rings is 1. The van der Waals surface area contributed by atoms with E-state index in [0.717, 1.165) is 34.9 Å². The van der Waals surface area contributed by atoms with Gasteiger partial charge in [-0.15, -0.1) is 0 Å². The summed E-state index contributed by atoms with van der Waals surface area (Å²) >= 11 is 0. The lowest BCUT2D eigenvalue weighted by Gasteiger charge is -2.12. The van der Waals surface area contributed by atoms with Crippen molar-refractivity contribution in [3.63, 3.8) is 0 Å². The minimum atomic E-state index is 0.250. The molecule has 0 spiro atoms. The van der Waals surface area contributed by atoms with Crippen LogP contribution in [0.5, 0.6) is 17.2 Å². The molecule has 0 atom stereocenters. The van der Waals surface area contributed by atoms with E-state index in [9.17, 15) is 0 Å². The normalized spacial score (nSPS) is 12.5. The molecule has 1 aliphatic heterocycles. The smallest absolute Gasteiger partial charge is 0.231 e. The maximum Gasteiger partial charge on any atom is 0.231 e. The third-order valence-electron chi connectivity index (χ3n) is 3.29. The number of fused-ring (bicyclic) bond motifs is 1. The highest BCUT2D eigenvalue weighted by Crippen LogP contribution is 2.38. The van der Waals surface area contributed by atoms with Crippen LogP contribution in [-0.4, -0.2) is 18.3 Å². The molecule has 110 valence electrons. The number of hydrogen-bond donors (Lipinski definition) is 1. The summed E-state index contributed by atoms with van der Waals surface area (Å²) in [5, 5.41) is 0. The van der Waals surface area contributed by atoms with Crippen LogP contribution in [0, 0.1) is 6.92 Å². The van der Waals surface area contributed by atoms with Crippen molar-refractivity contribution in [2.24, 2.45) is 5.73 Å². The Balaban J connectivity index is 1.80. The van der Waals surface area contributed by atoms with Crippen molar-refractivity contribution >= 4 is 0 Å². The summed E-state index contributed by atoms with van der Waals surface area (Å²) < 4.78 is 16.7. The van der Waals surface area contributed by atoms with E-state index in [1.807, 2.05) is 37.3 Å². The number of ether oxygens (including phenoxy) is 3. The van der Waals surface area contributed by atoms with E-state index in [1.165, 1.54) is 0 Å². The highest BCUT2D eigenvalue weighted by atomic mass is 16.7. The van der Waals surface area contributed by atoms with E-state index >= 15 is 0 Å². The fraction of sp³-hybridized carbons (Fsp3) is 0.312. The Morgan fingerprint density at radius 1 is 1.24 bits per heavy atom. The Bertz CT molecular complexity index is 643. The van der Waals surface area contributed by atoms with E-state index in [4.69, 9.17) is 19.9 Å². The monoisotopic (exact) mass is 286 g/mol. The zero-order valence-corrected chi connectivity index (χ0v) is 12.0. The Kier molecular flexibility index (Phi) is 3.92. The molecular formula is C16H18N2O3. The zero-order valence-electron chi connectivity index (χ0n) is 12.0. The highest BCUT2D eigenvalue weighted by Gasteiger charge is 2.18. The van der Waals surface area contributed by atoms with E-state index in [0.29, 0.717) is 18.9 Å². The fourth-order valence-electron chi connectivity index (χ4n) is 2.28. The molecular weight excluding hydrogens is 268 g/mol. The molecule has 1 aliphatic rings. The van der Waals surface area contributed by atoms with Crippen LogP contribution in [0.3, 0.4) is 0 Å². The lowest BCUT2D eigenvalue weighted by molar-refractivity contribution is 0.173. The SMILES string of the molecule is Cc1cccc(COc2cc3c(cc2CCN)OCO3)n1. The van der Waals surface area contributed by atoms with Crippen LogP contribution in [0.1, 0.15) is 17.0 Å². The molecule has 1 aromatic heterocycles. The van der Waals surface area contributed by atoms with Crippen LogP contribution in [0.2, 0.25) is 0 Å². The van der Waals surface area contributed by atoms with Gasteiger partial charge in [-0.1, -0.05) is 6.07 Å². The molecule has 2 N–H and O–H groups in total. The summed E-state index contributed by atoms with van der Waals surface area (Å²) in [6, 6.07) is 9.69. The van der Waals surface area contributed by atoms with Crippen LogP contribution < -0.4 is 19.9 Å². The minimum Gasteiger partial charge on any atom is -0.487 e.